The lowest BCUT2D eigenvalue weighted by molar-refractivity contribution is 0.103. The molecule has 0 aliphatic carbocycles. The summed E-state index contributed by atoms with van der Waals surface area (Å²) in [6.07, 6.45) is 5.18. The second kappa shape index (κ2) is 6.82. The Morgan fingerprint density at radius 1 is 1.13 bits per heavy atom. The van der Waals surface area contributed by atoms with Gasteiger partial charge in [0.25, 0.3) is 0 Å². The van der Waals surface area contributed by atoms with Crippen LogP contribution in [0.4, 0.5) is 5.69 Å². The van der Waals surface area contributed by atoms with Gasteiger partial charge in [0.05, 0.1) is 29.1 Å². The molecule has 0 radical (unpaired) electrons. The lowest BCUT2D eigenvalue weighted by atomic mass is 10.0. The van der Waals surface area contributed by atoms with Crippen LogP contribution in [0.25, 0.3) is 27.8 Å². The molecule has 150 valence electrons. The Bertz CT molecular complexity index is 1550. The van der Waals surface area contributed by atoms with E-state index in [9.17, 15) is 10.1 Å². The number of nitriles is 1. The number of hydrogen-bond acceptors (Lipinski definition) is 5. The van der Waals surface area contributed by atoms with Gasteiger partial charge in [0.2, 0.25) is 5.78 Å². The second-order valence-corrected chi connectivity index (χ2v) is 7.51. The van der Waals surface area contributed by atoms with Crippen LogP contribution in [0, 0.1) is 18.3 Å². The lowest BCUT2D eigenvalue weighted by Crippen LogP contribution is -2.06. The number of imidazole rings is 2. The molecule has 0 spiro atoms. The second-order valence-electron chi connectivity index (χ2n) is 7.51. The minimum Gasteiger partial charge on any atom is -0.398 e. The van der Waals surface area contributed by atoms with Crippen molar-refractivity contribution in [3.63, 3.8) is 0 Å². The number of anilines is 1. The van der Waals surface area contributed by atoms with E-state index in [1.165, 1.54) is 6.07 Å². The summed E-state index contributed by atoms with van der Waals surface area (Å²) in [4.78, 5) is 22.2. The highest BCUT2D eigenvalue weighted by Crippen LogP contribution is 2.31. The maximum absolute atomic E-state index is 13.2. The minimum atomic E-state index is -0.224. The van der Waals surface area contributed by atoms with Gasteiger partial charge in [-0.1, -0.05) is 0 Å². The van der Waals surface area contributed by atoms with Crippen LogP contribution in [-0.2, 0) is 7.05 Å². The van der Waals surface area contributed by atoms with E-state index in [1.54, 1.807) is 29.1 Å². The summed E-state index contributed by atoms with van der Waals surface area (Å²) in [5.41, 5.74) is 12.9. The smallest absolute Gasteiger partial charge is 0.211 e. The molecule has 0 aliphatic heterocycles. The Morgan fingerprint density at radius 2 is 1.97 bits per heavy atom. The number of carbonyl (C=O) groups is 1. The Kier molecular flexibility index (Phi) is 4.09. The first kappa shape index (κ1) is 18.6. The summed E-state index contributed by atoms with van der Waals surface area (Å²) < 4.78 is 3.77. The number of rotatable bonds is 3. The number of aromatic nitrogens is 4. The summed E-state index contributed by atoms with van der Waals surface area (Å²) in [6.45, 7) is 2.05. The number of pyridine rings is 1. The quantitative estimate of drug-likeness (QED) is 0.362. The Morgan fingerprint density at radius 3 is 2.77 bits per heavy atom. The first-order valence-corrected chi connectivity index (χ1v) is 9.70. The maximum atomic E-state index is 13.2. The van der Waals surface area contributed by atoms with Crippen molar-refractivity contribution >= 4 is 28.2 Å². The Balaban J connectivity index is 1.66. The molecule has 0 aliphatic rings. The van der Waals surface area contributed by atoms with Crippen LogP contribution in [0.15, 0.2) is 61.2 Å². The van der Waals surface area contributed by atoms with Crippen molar-refractivity contribution in [2.24, 2.45) is 7.05 Å². The predicted molar refractivity (Wildman–Crippen MR) is 119 cm³/mol. The standard InChI is InChI=1S/C24H18N6O/c1-14-8-21-20(28-13-29(21)2)10-18(14)17-4-3-7-30-22(12-27-24(17)30)23(31)15-5-6-19(26)16(9-15)11-25/h3-10,12-13H,26H2,1-2H3. The molecule has 0 atom stereocenters. The molecule has 0 amide bonds. The number of ketones is 1. The number of nitrogens with two attached hydrogens (primary N) is 1. The summed E-state index contributed by atoms with van der Waals surface area (Å²) in [6, 6.07) is 14.8. The van der Waals surface area contributed by atoms with Crippen LogP contribution in [0.3, 0.4) is 0 Å². The van der Waals surface area contributed by atoms with E-state index in [0.29, 0.717) is 22.6 Å². The van der Waals surface area contributed by atoms with E-state index in [2.05, 4.69) is 29.0 Å². The van der Waals surface area contributed by atoms with Gasteiger partial charge in [0.1, 0.15) is 17.4 Å². The number of nitrogen functional groups attached to an aromatic ring is 1. The number of hydrogen-bond donors (Lipinski definition) is 1. The zero-order valence-electron chi connectivity index (χ0n) is 17.0. The number of carbonyl (C=O) groups excluding carboxylic acids is 1. The van der Waals surface area contributed by atoms with Crippen molar-refractivity contribution in [2.75, 3.05) is 5.73 Å². The minimum absolute atomic E-state index is 0.224. The lowest BCUT2D eigenvalue weighted by Gasteiger charge is -2.09. The number of fused-ring (bicyclic) bond motifs is 2. The molecule has 0 saturated heterocycles. The van der Waals surface area contributed by atoms with Crippen molar-refractivity contribution in [1.29, 1.82) is 5.26 Å². The van der Waals surface area contributed by atoms with Gasteiger partial charge in [-0.25, -0.2) is 9.97 Å². The fourth-order valence-electron chi connectivity index (χ4n) is 3.90. The van der Waals surface area contributed by atoms with E-state index in [4.69, 9.17) is 5.73 Å². The SMILES string of the molecule is Cc1cc2c(cc1-c1cccn3c(C(=O)c4ccc(N)c(C#N)c4)cnc13)ncn2C. The van der Waals surface area contributed by atoms with Crippen molar-refractivity contribution in [1.82, 2.24) is 18.9 Å². The normalized spacial score (nSPS) is 11.1. The van der Waals surface area contributed by atoms with Gasteiger partial charge in [0, 0.05) is 30.1 Å². The molecule has 31 heavy (non-hydrogen) atoms. The molecule has 3 heterocycles. The molecule has 5 rings (SSSR count). The molecule has 0 saturated carbocycles. The Labute approximate surface area is 178 Å². The van der Waals surface area contributed by atoms with Crippen LogP contribution in [0.5, 0.6) is 0 Å². The predicted octanol–water partition coefficient (Wildman–Crippen LogP) is 3.88. The van der Waals surface area contributed by atoms with Crippen LogP contribution in [0.1, 0.15) is 27.2 Å². The van der Waals surface area contributed by atoms with E-state index >= 15 is 0 Å². The molecular weight excluding hydrogens is 388 g/mol. The highest BCUT2D eigenvalue weighted by molar-refractivity contribution is 6.09. The highest BCUT2D eigenvalue weighted by atomic mass is 16.1. The topological polar surface area (TPSA) is 102 Å². The van der Waals surface area contributed by atoms with E-state index in [0.717, 1.165) is 27.7 Å². The summed E-state index contributed by atoms with van der Waals surface area (Å²) >= 11 is 0. The van der Waals surface area contributed by atoms with Crippen molar-refractivity contribution in [2.45, 2.75) is 6.92 Å². The molecule has 0 fully saturated rings. The highest BCUT2D eigenvalue weighted by Gasteiger charge is 2.18. The molecule has 2 N–H and O–H groups in total. The summed E-state index contributed by atoms with van der Waals surface area (Å²) in [5, 5.41) is 9.23. The van der Waals surface area contributed by atoms with Gasteiger partial charge >= 0.3 is 0 Å². The third-order valence-electron chi connectivity index (χ3n) is 5.57. The van der Waals surface area contributed by atoms with Crippen molar-refractivity contribution < 1.29 is 4.79 Å². The molecule has 7 nitrogen and oxygen atoms in total. The van der Waals surface area contributed by atoms with E-state index in [-0.39, 0.29) is 11.3 Å². The van der Waals surface area contributed by atoms with Gasteiger partial charge in [-0.3, -0.25) is 9.20 Å². The van der Waals surface area contributed by atoms with Gasteiger partial charge in [0.15, 0.2) is 0 Å². The molecule has 7 heteroatoms. The van der Waals surface area contributed by atoms with Crippen molar-refractivity contribution in [3.8, 4) is 17.2 Å². The molecule has 5 aromatic rings. The average Bonchev–Trinajstić information content (AvgIpc) is 3.37. The van der Waals surface area contributed by atoms with Crippen LogP contribution >= 0.6 is 0 Å². The number of aryl methyl sites for hydroxylation is 2. The Hall–Kier alpha value is -4.44. The molecule has 3 aromatic heterocycles. The molecular formula is C24H18N6O. The summed E-state index contributed by atoms with van der Waals surface area (Å²) in [7, 11) is 1.97. The maximum Gasteiger partial charge on any atom is 0.211 e. The number of nitrogens with zero attached hydrogens (tertiary/aromatic N) is 5. The van der Waals surface area contributed by atoms with Gasteiger partial charge in [-0.15, -0.1) is 0 Å². The van der Waals surface area contributed by atoms with Gasteiger partial charge in [-0.2, -0.15) is 5.26 Å². The van der Waals surface area contributed by atoms with E-state index < -0.39 is 0 Å². The fraction of sp³-hybridized carbons (Fsp3) is 0.0833. The van der Waals surface area contributed by atoms with Gasteiger partial charge < -0.3 is 10.3 Å². The molecule has 0 bridgehead atoms. The first-order chi connectivity index (χ1) is 15.0. The first-order valence-electron chi connectivity index (χ1n) is 9.70. The van der Waals surface area contributed by atoms with Gasteiger partial charge in [-0.05, 0) is 60.5 Å². The van der Waals surface area contributed by atoms with Crippen molar-refractivity contribution in [3.05, 3.63) is 83.6 Å². The number of benzene rings is 2. The molecule has 2 aromatic carbocycles. The van der Waals surface area contributed by atoms with Crippen LogP contribution in [0.2, 0.25) is 0 Å². The fourth-order valence-corrected chi connectivity index (χ4v) is 3.90. The largest absolute Gasteiger partial charge is 0.398 e. The molecule has 0 unspecified atom stereocenters. The third-order valence-corrected chi connectivity index (χ3v) is 5.57. The van der Waals surface area contributed by atoms with Crippen LogP contribution < -0.4 is 5.73 Å². The monoisotopic (exact) mass is 406 g/mol. The zero-order valence-corrected chi connectivity index (χ0v) is 17.0. The van der Waals surface area contributed by atoms with Crippen LogP contribution in [-0.4, -0.2) is 24.7 Å². The van der Waals surface area contributed by atoms with E-state index in [1.807, 2.05) is 36.0 Å². The average molecular weight is 406 g/mol. The zero-order chi connectivity index (χ0) is 21.7. The third kappa shape index (κ3) is 2.85. The summed E-state index contributed by atoms with van der Waals surface area (Å²) in [5.74, 6) is -0.224.